The van der Waals surface area contributed by atoms with Crippen molar-refractivity contribution in [2.24, 2.45) is 5.92 Å². The van der Waals surface area contributed by atoms with Crippen LogP contribution in [-0.4, -0.2) is 35.0 Å². The molecule has 2 rings (SSSR count). The van der Waals surface area contributed by atoms with E-state index in [1.807, 2.05) is 4.90 Å². The second-order valence-electron chi connectivity index (χ2n) is 5.38. The molecule has 4 heteroatoms. The van der Waals surface area contributed by atoms with Crippen molar-refractivity contribution in [2.75, 3.05) is 13.1 Å². The van der Waals surface area contributed by atoms with Crippen molar-refractivity contribution in [3.63, 3.8) is 0 Å². The van der Waals surface area contributed by atoms with E-state index < -0.39 is 5.97 Å². The number of aliphatic carboxylic acids is 1. The minimum Gasteiger partial charge on any atom is -0.481 e. The van der Waals surface area contributed by atoms with E-state index in [2.05, 4.69) is 6.08 Å². The molecule has 0 aromatic heterocycles. The van der Waals surface area contributed by atoms with Gasteiger partial charge in [0.25, 0.3) is 0 Å². The van der Waals surface area contributed by atoms with Crippen LogP contribution < -0.4 is 0 Å². The van der Waals surface area contributed by atoms with E-state index in [0.717, 1.165) is 25.8 Å². The molecule has 1 N–H and O–H groups in total. The molecule has 1 aliphatic carbocycles. The minimum absolute atomic E-state index is 0.145. The van der Waals surface area contributed by atoms with Gasteiger partial charge in [-0.05, 0) is 38.0 Å². The summed E-state index contributed by atoms with van der Waals surface area (Å²) in [6.07, 6.45) is 8.35. The molecular formula is C14H21NO3. The fourth-order valence-electron chi connectivity index (χ4n) is 2.84. The highest BCUT2D eigenvalue weighted by molar-refractivity contribution is 5.79. The molecule has 18 heavy (non-hydrogen) atoms. The van der Waals surface area contributed by atoms with Gasteiger partial charge in [0.2, 0.25) is 5.91 Å². The first-order chi connectivity index (χ1) is 8.65. The average Bonchev–Trinajstić information content (AvgIpc) is 2.78. The van der Waals surface area contributed by atoms with Crippen LogP contribution >= 0.6 is 0 Å². The van der Waals surface area contributed by atoms with Crippen LogP contribution in [0.4, 0.5) is 0 Å². The molecule has 4 nitrogen and oxygen atoms in total. The number of nitrogens with zero attached hydrogens (tertiary/aromatic N) is 1. The standard InChI is InChI=1S/C14H21NO3/c16-13(8-11-4-2-1-3-5-11)15-7-6-12(10-15)9-14(17)18/h4,12H,1-3,5-10H2,(H,17,18). The summed E-state index contributed by atoms with van der Waals surface area (Å²) in [6, 6.07) is 0. The third kappa shape index (κ3) is 3.59. The zero-order chi connectivity index (χ0) is 13.0. The minimum atomic E-state index is -0.760. The van der Waals surface area contributed by atoms with Gasteiger partial charge in [0.15, 0.2) is 0 Å². The third-order valence-corrected chi connectivity index (χ3v) is 3.87. The summed E-state index contributed by atoms with van der Waals surface area (Å²) < 4.78 is 0. The lowest BCUT2D eigenvalue weighted by molar-refractivity contribution is -0.138. The van der Waals surface area contributed by atoms with E-state index in [9.17, 15) is 9.59 Å². The highest BCUT2D eigenvalue weighted by Crippen LogP contribution is 2.24. The Kier molecular flexibility index (Phi) is 4.39. The van der Waals surface area contributed by atoms with Gasteiger partial charge < -0.3 is 10.0 Å². The molecular weight excluding hydrogens is 230 g/mol. The second-order valence-corrected chi connectivity index (χ2v) is 5.38. The molecule has 1 heterocycles. The monoisotopic (exact) mass is 251 g/mol. The predicted octanol–water partition coefficient (Wildman–Crippen LogP) is 2.20. The van der Waals surface area contributed by atoms with Gasteiger partial charge in [-0.15, -0.1) is 0 Å². The van der Waals surface area contributed by atoms with Crippen molar-refractivity contribution in [2.45, 2.75) is 44.9 Å². The van der Waals surface area contributed by atoms with E-state index in [1.54, 1.807) is 0 Å². The molecule has 1 atom stereocenters. The number of hydrogen-bond donors (Lipinski definition) is 1. The van der Waals surface area contributed by atoms with Crippen LogP contribution in [0.15, 0.2) is 11.6 Å². The van der Waals surface area contributed by atoms with E-state index in [-0.39, 0.29) is 18.2 Å². The number of rotatable bonds is 4. The van der Waals surface area contributed by atoms with Gasteiger partial charge in [0.05, 0.1) is 0 Å². The zero-order valence-corrected chi connectivity index (χ0v) is 10.7. The Morgan fingerprint density at radius 2 is 2.22 bits per heavy atom. The summed E-state index contributed by atoms with van der Waals surface area (Å²) >= 11 is 0. The SMILES string of the molecule is O=C(O)CC1CCN(C(=O)CC2=CCCCC2)C1. The molecule has 100 valence electrons. The lowest BCUT2D eigenvalue weighted by atomic mass is 9.97. The van der Waals surface area contributed by atoms with Crippen molar-refractivity contribution in [1.29, 1.82) is 0 Å². The Morgan fingerprint density at radius 1 is 1.39 bits per heavy atom. The predicted molar refractivity (Wildman–Crippen MR) is 68.1 cm³/mol. The van der Waals surface area contributed by atoms with Crippen LogP contribution in [0.3, 0.4) is 0 Å². The van der Waals surface area contributed by atoms with Crippen LogP contribution in [-0.2, 0) is 9.59 Å². The van der Waals surface area contributed by atoms with E-state index in [1.165, 1.54) is 18.4 Å². The molecule has 1 amide bonds. The number of carbonyl (C=O) groups excluding carboxylic acids is 1. The fraction of sp³-hybridized carbons (Fsp3) is 0.714. The number of hydrogen-bond acceptors (Lipinski definition) is 2. The van der Waals surface area contributed by atoms with E-state index >= 15 is 0 Å². The normalized spacial score (nSPS) is 23.9. The van der Waals surface area contributed by atoms with Crippen LogP contribution in [0.1, 0.15) is 44.9 Å². The maximum atomic E-state index is 12.1. The van der Waals surface area contributed by atoms with Gasteiger partial charge in [-0.3, -0.25) is 9.59 Å². The lowest BCUT2D eigenvalue weighted by Gasteiger charge is -2.19. The summed E-state index contributed by atoms with van der Waals surface area (Å²) in [5.74, 6) is -0.438. The molecule has 1 saturated heterocycles. The summed E-state index contributed by atoms with van der Waals surface area (Å²) in [5.41, 5.74) is 1.27. The summed E-state index contributed by atoms with van der Waals surface area (Å²) in [6.45, 7) is 1.35. The molecule has 0 saturated carbocycles. The van der Waals surface area contributed by atoms with Crippen LogP contribution in [0.25, 0.3) is 0 Å². The molecule has 1 unspecified atom stereocenters. The summed E-state index contributed by atoms with van der Waals surface area (Å²) in [4.78, 5) is 24.6. The van der Waals surface area contributed by atoms with Crippen molar-refractivity contribution in [3.05, 3.63) is 11.6 Å². The highest BCUT2D eigenvalue weighted by Gasteiger charge is 2.27. The maximum absolute atomic E-state index is 12.1. The lowest BCUT2D eigenvalue weighted by Crippen LogP contribution is -2.29. The van der Waals surface area contributed by atoms with Crippen molar-refractivity contribution < 1.29 is 14.7 Å². The first-order valence-electron chi connectivity index (χ1n) is 6.82. The van der Waals surface area contributed by atoms with Gasteiger partial charge in [-0.25, -0.2) is 0 Å². The maximum Gasteiger partial charge on any atom is 0.303 e. The van der Waals surface area contributed by atoms with Crippen LogP contribution in [0, 0.1) is 5.92 Å². The van der Waals surface area contributed by atoms with Gasteiger partial charge >= 0.3 is 5.97 Å². The zero-order valence-electron chi connectivity index (χ0n) is 10.7. The molecule has 0 aromatic rings. The van der Waals surface area contributed by atoms with E-state index in [4.69, 9.17) is 5.11 Å². The first kappa shape index (κ1) is 13.1. The molecule has 0 radical (unpaired) electrons. The van der Waals surface area contributed by atoms with E-state index in [0.29, 0.717) is 13.0 Å². The third-order valence-electron chi connectivity index (χ3n) is 3.87. The first-order valence-corrected chi connectivity index (χ1v) is 6.82. The Morgan fingerprint density at radius 3 is 2.89 bits per heavy atom. The Bertz CT molecular complexity index is 362. The molecule has 0 spiro atoms. The summed E-state index contributed by atoms with van der Waals surface area (Å²) in [5, 5.41) is 8.75. The van der Waals surface area contributed by atoms with Gasteiger partial charge in [0.1, 0.15) is 0 Å². The number of carboxylic acid groups (broad SMARTS) is 1. The number of amides is 1. The van der Waals surface area contributed by atoms with Crippen molar-refractivity contribution >= 4 is 11.9 Å². The highest BCUT2D eigenvalue weighted by atomic mass is 16.4. The topological polar surface area (TPSA) is 57.6 Å². The quantitative estimate of drug-likeness (QED) is 0.779. The Hall–Kier alpha value is -1.32. The van der Waals surface area contributed by atoms with Crippen LogP contribution in [0.5, 0.6) is 0 Å². The Labute approximate surface area is 108 Å². The molecule has 0 bridgehead atoms. The molecule has 1 fully saturated rings. The number of allylic oxidation sites excluding steroid dienone is 1. The van der Waals surface area contributed by atoms with Gasteiger partial charge in [0, 0.05) is 25.9 Å². The number of carbonyl (C=O) groups is 2. The smallest absolute Gasteiger partial charge is 0.303 e. The van der Waals surface area contributed by atoms with Crippen LogP contribution in [0.2, 0.25) is 0 Å². The molecule has 1 aliphatic heterocycles. The Balaban J connectivity index is 1.80. The molecule has 0 aromatic carbocycles. The van der Waals surface area contributed by atoms with Gasteiger partial charge in [-0.1, -0.05) is 11.6 Å². The fourth-order valence-corrected chi connectivity index (χ4v) is 2.84. The average molecular weight is 251 g/mol. The largest absolute Gasteiger partial charge is 0.481 e. The van der Waals surface area contributed by atoms with Gasteiger partial charge in [-0.2, -0.15) is 0 Å². The summed E-state index contributed by atoms with van der Waals surface area (Å²) in [7, 11) is 0. The van der Waals surface area contributed by atoms with Crippen molar-refractivity contribution in [1.82, 2.24) is 4.90 Å². The van der Waals surface area contributed by atoms with Crippen molar-refractivity contribution in [3.8, 4) is 0 Å². The molecule has 2 aliphatic rings. The number of carboxylic acids is 1. The number of likely N-dealkylation sites (tertiary alicyclic amines) is 1. The second kappa shape index (κ2) is 6.03.